The first-order valence-corrected chi connectivity index (χ1v) is 6.62. The Bertz CT molecular complexity index is 725. The highest BCUT2D eigenvalue weighted by atomic mass is 32.1. The molecular formula is C13H14N4OS. The molecule has 0 saturated carbocycles. The largest absolute Gasteiger partial charge is 0.397 e. The molecule has 0 aliphatic carbocycles. The highest BCUT2D eigenvalue weighted by Gasteiger charge is 2.23. The van der Waals surface area contributed by atoms with Crippen molar-refractivity contribution < 1.29 is 4.79 Å². The minimum atomic E-state index is -0.104. The lowest BCUT2D eigenvalue weighted by Gasteiger charge is -2.11. The summed E-state index contributed by atoms with van der Waals surface area (Å²) in [5.41, 5.74) is 13.4. The maximum absolute atomic E-state index is 11.6. The Morgan fingerprint density at radius 3 is 2.53 bits per heavy atom. The first-order chi connectivity index (χ1) is 8.88. The lowest BCUT2D eigenvalue weighted by molar-refractivity contribution is 0.102. The highest BCUT2D eigenvalue weighted by molar-refractivity contribution is 7.21. The average Bonchev–Trinajstić information content (AvgIpc) is 2.64. The van der Waals surface area contributed by atoms with Crippen molar-refractivity contribution >= 4 is 38.8 Å². The number of hydrogen-bond donors (Lipinski definition) is 2. The van der Waals surface area contributed by atoms with Crippen LogP contribution < -0.4 is 11.5 Å². The van der Waals surface area contributed by atoms with Gasteiger partial charge < -0.3 is 11.5 Å². The van der Waals surface area contributed by atoms with Crippen LogP contribution in [-0.2, 0) is 0 Å². The number of fused-ring (bicyclic) bond motifs is 1. The Kier molecular flexibility index (Phi) is 3.16. The minimum absolute atomic E-state index is 0.0687. The van der Waals surface area contributed by atoms with E-state index in [2.05, 4.69) is 11.1 Å². The number of rotatable bonds is 2. The quantitative estimate of drug-likeness (QED) is 0.819. The van der Waals surface area contributed by atoms with E-state index < -0.39 is 0 Å². The van der Waals surface area contributed by atoms with Crippen LogP contribution in [0.4, 0.5) is 11.5 Å². The smallest absolute Gasteiger partial charge is 0.171 e. The number of nitrogens with two attached hydrogens (primary N) is 2. The molecule has 0 spiro atoms. The molecule has 0 saturated heterocycles. The molecule has 19 heavy (non-hydrogen) atoms. The van der Waals surface area contributed by atoms with E-state index in [0.717, 1.165) is 5.56 Å². The predicted octanol–water partition coefficient (Wildman–Crippen LogP) is 2.66. The second-order valence-electron chi connectivity index (χ2n) is 4.63. The van der Waals surface area contributed by atoms with Crippen molar-refractivity contribution in [3.8, 4) is 6.07 Å². The monoisotopic (exact) mass is 274 g/mol. The number of carbonyl (C=O) groups is 1. The topological polar surface area (TPSA) is 106 Å². The summed E-state index contributed by atoms with van der Waals surface area (Å²) in [6.45, 7) is 5.38. The van der Waals surface area contributed by atoms with Gasteiger partial charge in [-0.2, -0.15) is 5.26 Å². The van der Waals surface area contributed by atoms with Crippen molar-refractivity contribution in [3.63, 3.8) is 0 Å². The van der Waals surface area contributed by atoms with Gasteiger partial charge in [-0.15, -0.1) is 11.3 Å². The Hall–Kier alpha value is -2.13. The second kappa shape index (κ2) is 4.52. The zero-order valence-electron chi connectivity index (χ0n) is 10.9. The standard InChI is InChI=1S/C13H14N4OS/c1-5(2)8-7(4-14)12(16)17-13-9(8)10(15)11(19-13)6(3)18/h5H,15H2,1-3H3,(H2,16,17). The van der Waals surface area contributed by atoms with E-state index in [1.54, 1.807) is 0 Å². The summed E-state index contributed by atoms with van der Waals surface area (Å²) >= 11 is 1.22. The van der Waals surface area contributed by atoms with Gasteiger partial charge in [0, 0.05) is 12.3 Å². The average molecular weight is 274 g/mol. The Balaban J connectivity index is 3.00. The summed E-state index contributed by atoms with van der Waals surface area (Å²) in [5, 5.41) is 9.93. The van der Waals surface area contributed by atoms with Gasteiger partial charge >= 0.3 is 0 Å². The maximum atomic E-state index is 11.6. The maximum Gasteiger partial charge on any atom is 0.171 e. The van der Waals surface area contributed by atoms with Crippen molar-refractivity contribution in [1.82, 2.24) is 4.98 Å². The third kappa shape index (κ3) is 1.92. The first-order valence-electron chi connectivity index (χ1n) is 5.80. The number of nitriles is 1. The predicted molar refractivity (Wildman–Crippen MR) is 77.3 cm³/mol. The summed E-state index contributed by atoms with van der Waals surface area (Å²) in [6, 6.07) is 2.08. The van der Waals surface area contributed by atoms with Crippen molar-refractivity contribution in [3.05, 3.63) is 16.0 Å². The van der Waals surface area contributed by atoms with Gasteiger partial charge in [0.15, 0.2) is 5.78 Å². The summed E-state index contributed by atoms with van der Waals surface area (Å²) in [4.78, 5) is 16.8. The van der Waals surface area contributed by atoms with E-state index in [-0.39, 0.29) is 17.5 Å². The zero-order valence-corrected chi connectivity index (χ0v) is 11.8. The van der Waals surface area contributed by atoms with Crippen molar-refractivity contribution in [2.45, 2.75) is 26.7 Å². The molecule has 0 bridgehead atoms. The lowest BCUT2D eigenvalue weighted by atomic mass is 9.95. The van der Waals surface area contributed by atoms with Crippen molar-refractivity contribution in [2.75, 3.05) is 11.5 Å². The van der Waals surface area contributed by atoms with Gasteiger partial charge in [0.1, 0.15) is 16.7 Å². The molecule has 0 unspecified atom stereocenters. The molecule has 0 radical (unpaired) electrons. The van der Waals surface area contributed by atoms with Crippen LogP contribution in [0.2, 0.25) is 0 Å². The number of thiophene rings is 1. The molecule has 2 heterocycles. The third-order valence-electron chi connectivity index (χ3n) is 2.95. The van der Waals surface area contributed by atoms with E-state index in [1.165, 1.54) is 18.3 Å². The lowest BCUT2D eigenvalue weighted by Crippen LogP contribution is -2.03. The molecule has 0 aliphatic rings. The number of aromatic nitrogens is 1. The van der Waals surface area contributed by atoms with Crippen LogP contribution in [0.25, 0.3) is 10.2 Å². The molecular weight excluding hydrogens is 260 g/mol. The number of nitrogen functional groups attached to an aromatic ring is 2. The van der Waals surface area contributed by atoms with Crippen molar-refractivity contribution in [1.29, 1.82) is 5.26 Å². The van der Waals surface area contributed by atoms with Crippen molar-refractivity contribution in [2.24, 2.45) is 0 Å². The number of Topliss-reactive ketones (excluding diaryl/α,β-unsaturated/α-hetero) is 1. The van der Waals surface area contributed by atoms with Crippen LogP contribution in [-0.4, -0.2) is 10.8 Å². The molecule has 6 heteroatoms. The summed E-state index contributed by atoms with van der Waals surface area (Å²) in [6.07, 6.45) is 0. The van der Waals surface area contributed by atoms with Crippen LogP contribution in [0.1, 0.15) is 47.5 Å². The number of nitrogens with zero attached hydrogens (tertiary/aromatic N) is 2. The number of anilines is 2. The van der Waals surface area contributed by atoms with Crippen LogP contribution in [0, 0.1) is 11.3 Å². The molecule has 0 atom stereocenters. The molecule has 2 rings (SSSR count). The molecule has 98 valence electrons. The van der Waals surface area contributed by atoms with Crippen LogP contribution >= 0.6 is 11.3 Å². The van der Waals surface area contributed by atoms with Gasteiger partial charge in [0.25, 0.3) is 0 Å². The second-order valence-corrected chi connectivity index (χ2v) is 5.63. The van der Waals surface area contributed by atoms with E-state index in [0.29, 0.717) is 26.3 Å². The SMILES string of the molecule is CC(=O)c1sc2nc(N)c(C#N)c(C(C)C)c2c1N. The number of carbonyl (C=O) groups excluding carboxylic acids is 1. The minimum Gasteiger partial charge on any atom is -0.397 e. The molecule has 5 nitrogen and oxygen atoms in total. The van der Waals surface area contributed by atoms with Gasteiger partial charge in [0.2, 0.25) is 0 Å². The zero-order chi connectivity index (χ0) is 14.3. The van der Waals surface area contributed by atoms with Gasteiger partial charge in [0.05, 0.1) is 16.1 Å². The summed E-state index contributed by atoms with van der Waals surface area (Å²) in [5.74, 6) is 0.154. The molecule has 2 aromatic heterocycles. The molecule has 0 aromatic carbocycles. The van der Waals surface area contributed by atoms with Crippen LogP contribution in [0.15, 0.2) is 0 Å². The molecule has 0 amide bonds. The molecule has 0 fully saturated rings. The third-order valence-corrected chi connectivity index (χ3v) is 4.15. The number of hydrogen-bond acceptors (Lipinski definition) is 6. The Morgan fingerprint density at radius 1 is 1.42 bits per heavy atom. The Labute approximate surface area is 114 Å². The van der Waals surface area contributed by atoms with E-state index in [9.17, 15) is 10.1 Å². The van der Waals surface area contributed by atoms with Crippen LogP contribution in [0.5, 0.6) is 0 Å². The number of pyridine rings is 1. The molecule has 0 aliphatic heterocycles. The molecule has 2 aromatic rings. The van der Waals surface area contributed by atoms with Gasteiger partial charge in [-0.3, -0.25) is 4.79 Å². The van der Waals surface area contributed by atoms with Gasteiger partial charge in [-0.25, -0.2) is 4.98 Å². The van der Waals surface area contributed by atoms with Gasteiger partial charge in [-0.05, 0) is 11.5 Å². The highest BCUT2D eigenvalue weighted by Crippen LogP contribution is 2.40. The number of ketones is 1. The fourth-order valence-electron chi connectivity index (χ4n) is 2.16. The summed E-state index contributed by atoms with van der Waals surface area (Å²) in [7, 11) is 0. The van der Waals surface area contributed by atoms with E-state index in [1.807, 2.05) is 13.8 Å². The normalized spacial score (nSPS) is 10.9. The Morgan fingerprint density at radius 2 is 2.05 bits per heavy atom. The fraction of sp³-hybridized carbons (Fsp3) is 0.308. The van der Waals surface area contributed by atoms with Gasteiger partial charge in [-0.1, -0.05) is 13.8 Å². The first kappa shape index (κ1) is 13.3. The van der Waals surface area contributed by atoms with E-state index in [4.69, 9.17) is 11.5 Å². The fourth-order valence-corrected chi connectivity index (χ4v) is 3.17. The van der Waals surface area contributed by atoms with E-state index >= 15 is 0 Å². The van der Waals surface area contributed by atoms with Crippen LogP contribution in [0.3, 0.4) is 0 Å². The summed E-state index contributed by atoms with van der Waals surface area (Å²) < 4.78 is 0. The molecule has 4 N–H and O–H groups in total.